The molecule has 0 saturated heterocycles. The minimum atomic E-state index is -5.31. The van der Waals surface area contributed by atoms with Crippen LogP contribution in [-0.4, -0.2) is 71.3 Å². The number of hydrogen-bond donors (Lipinski definition) is 0. The van der Waals surface area contributed by atoms with Crippen LogP contribution in [-0.2, 0) is 9.84 Å². The van der Waals surface area contributed by atoms with Crippen LogP contribution >= 0.6 is 0 Å². The maximum atomic E-state index is 14.8. The summed E-state index contributed by atoms with van der Waals surface area (Å²) < 4.78 is 98.1. The Morgan fingerprint density at radius 1 is 0.788 bits per heavy atom. The number of nitriles is 2. The zero-order valence-corrected chi connectivity index (χ0v) is 37.0. The summed E-state index contributed by atoms with van der Waals surface area (Å²) in [5, 5.41) is 13.0. The molecule has 0 heterocycles. The number of hydrogen-bond acceptors (Lipinski definition) is 4. The van der Waals surface area contributed by atoms with Crippen LogP contribution < -0.4 is 103 Å². The minimum Gasteiger partial charge on any atom is -0.230 e. The van der Waals surface area contributed by atoms with Crippen LogP contribution in [0.15, 0.2) is 60.7 Å². The Kier molecular flexibility index (Phi) is 22.9. The van der Waals surface area contributed by atoms with Gasteiger partial charge in [-0.25, -0.2) is 44.6 Å². The van der Waals surface area contributed by atoms with Crippen molar-refractivity contribution in [1.82, 2.24) is 0 Å². The fourth-order valence-electron chi connectivity index (χ4n) is 5.36. The van der Waals surface area contributed by atoms with Crippen molar-refractivity contribution in [3.8, 4) is 12.1 Å². The predicted octanol–water partition coefficient (Wildman–Crippen LogP) is 2.66. The van der Waals surface area contributed by atoms with Gasteiger partial charge in [0.1, 0.15) is 19.8 Å². The normalized spacial score (nSPS) is 14.8. The Bertz CT molecular complexity index is 1720. The van der Waals surface area contributed by atoms with Gasteiger partial charge in [-0.15, -0.1) is 0 Å². The summed E-state index contributed by atoms with van der Waals surface area (Å²) in [6, 6.07) is 10.3. The summed E-state index contributed by atoms with van der Waals surface area (Å²) >= 11 is 0. The number of halogens is 5. The number of alkyl halides is 5. The molecular weight excluding hydrogens is 754 g/mol. The first-order valence-electron chi connectivity index (χ1n) is 16.1. The zero-order chi connectivity index (χ0) is 37.6. The van der Waals surface area contributed by atoms with Crippen molar-refractivity contribution in [3.05, 3.63) is 83.6 Å². The number of sulfone groups is 1. The van der Waals surface area contributed by atoms with Gasteiger partial charge in [0.05, 0.1) is 12.1 Å². The van der Waals surface area contributed by atoms with Crippen LogP contribution in [0.25, 0.3) is 9.69 Å². The second kappa shape index (κ2) is 23.5. The minimum absolute atomic E-state index is 0. The molecule has 2 atom stereocenters. The fraction of sp³-hybridized carbons (Fsp3) is 0.500. The average Bonchev–Trinajstić information content (AvgIpc) is 3.07. The van der Waals surface area contributed by atoms with Gasteiger partial charge >= 0.3 is 121 Å². The van der Waals surface area contributed by atoms with E-state index in [2.05, 4.69) is 23.0 Å². The van der Waals surface area contributed by atoms with E-state index in [1.807, 2.05) is 53.1 Å². The van der Waals surface area contributed by atoms with Crippen LogP contribution in [0.3, 0.4) is 0 Å². The molecule has 1 aliphatic rings. The van der Waals surface area contributed by atoms with Crippen molar-refractivity contribution in [2.75, 3.05) is 13.1 Å². The first-order chi connectivity index (χ1) is 23.5. The first-order valence-corrected chi connectivity index (χ1v) is 17.6. The molecule has 0 radical (unpaired) electrons. The van der Waals surface area contributed by atoms with Gasteiger partial charge in [-0.2, -0.15) is 28.3 Å². The quantitative estimate of drug-likeness (QED) is 0.0538. The second-order valence-electron chi connectivity index (χ2n) is 12.2. The van der Waals surface area contributed by atoms with Gasteiger partial charge in [-0.3, -0.25) is 0 Å². The van der Waals surface area contributed by atoms with Crippen molar-refractivity contribution in [2.45, 2.75) is 99.4 Å². The molecule has 52 heavy (non-hydrogen) atoms. The Morgan fingerprint density at radius 3 is 1.73 bits per heavy atom. The molecule has 1 aromatic carbocycles. The summed E-state index contributed by atoms with van der Waals surface area (Å²) in [4.78, 5) is 5.12. The van der Waals surface area contributed by atoms with E-state index in [0.29, 0.717) is 51.6 Å². The van der Waals surface area contributed by atoms with Gasteiger partial charge in [-0.1, -0.05) is 19.4 Å². The molecule has 0 spiro atoms. The van der Waals surface area contributed by atoms with Crippen LogP contribution in [0.4, 0.5) is 33.3 Å². The van der Waals surface area contributed by atoms with Crippen LogP contribution in [0.2, 0.25) is 0 Å². The molecule has 16 heteroatoms. The molecule has 0 aromatic heterocycles. The first kappa shape index (κ1) is 50.6. The molecule has 1 aliphatic carbocycles. The summed E-state index contributed by atoms with van der Waals surface area (Å²) in [6.07, 6.45) is 1.96. The molecular formula is C36H41F5K2N6O2S+4. The topological polar surface area (TPSA) is 96.5 Å². The number of unbranched alkanes of at least 4 members (excludes halogenated alkanes) is 6. The van der Waals surface area contributed by atoms with Gasteiger partial charge in [0.25, 0.3) is 0 Å². The third-order valence-corrected chi connectivity index (χ3v) is 10.7. The third kappa shape index (κ3) is 14.0. The maximum Gasteiger partial charge on any atom is 1.00 e. The summed E-state index contributed by atoms with van der Waals surface area (Å²) in [5.74, 6) is 0. The van der Waals surface area contributed by atoms with Crippen molar-refractivity contribution in [3.63, 3.8) is 0 Å². The monoisotopic (exact) mass is 794 g/mol. The van der Waals surface area contributed by atoms with E-state index in [-0.39, 0.29) is 122 Å². The summed E-state index contributed by atoms with van der Waals surface area (Å²) in [5.41, 5.74) is -0.479. The van der Waals surface area contributed by atoms with E-state index in [1.54, 1.807) is 4.58 Å². The van der Waals surface area contributed by atoms with Crippen molar-refractivity contribution in [1.29, 1.82) is 10.5 Å². The van der Waals surface area contributed by atoms with Gasteiger partial charge in [0.2, 0.25) is 37.2 Å². The molecule has 0 bridgehead atoms. The predicted molar refractivity (Wildman–Crippen MR) is 182 cm³/mol. The molecule has 8 nitrogen and oxygen atoms in total. The molecule has 1 aromatic rings. The van der Waals surface area contributed by atoms with Crippen molar-refractivity contribution >= 4 is 33.6 Å². The number of rotatable bonds is 19. The molecule has 2 unspecified atom stereocenters. The van der Waals surface area contributed by atoms with Gasteiger partial charge in [-0.05, 0) is 56.8 Å². The molecule has 0 amide bonds. The van der Waals surface area contributed by atoms with E-state index in [0.717, 1.165) is 29.6 Å². The zero-order valence-electron chi connectivity index (χ0n) is 30.0. The third-order valence-electron chi connectivity index (χ3n) is 8.51. The standard InChI is InChI=1S/C36H41F5N6O2S.2K/c1-28-14-16-30(17-15-28)47(25-13-9-7-11-23-35(38,36(39,40)41)33(44-3)45-4)31-20-18-29(19-21-31)46(5)24-12-8-6-10-22-34(2,37)50(48,49)32(26-42)27-43;;/h14-21,32-33H,1,5-13,22-25H2,2H3;;/q+2;2*+1. The van der Waals surface area contributed by atoms with Gasteiger partial charge in [0.15, 0.2) is 0 Å². The molecule has 0 saturated carbocycles. The van der Waals surface area contributed by atoms with Crippen LogP contribution in [0.5, 0.6) is 0 Å². The fourth-order valence-corrected chi connectivity index (χ4v) is 6.56. The number of allylic oxidation sites excluding steroid dienone is 5. The largest absolute Gasteiger partial charge is 1.00 e. The Labute approximate surface area is 389 Å². The van der Waals surface area contributed by atoms with Crippen LogP contribution in [0, 0.1) is 35.8 Å². The van der Waals surface area contributed by atoms with E-state index in [4.69, 9.17) is 23.7 Å². The summed E-state index contributed by atoms with van der Waals surface area (Å²) in [6.45, 7) is 23.6. The van der Waals surface area contributed by atoms with Gasteiger partial charge < -0.3 is 0 Å². The Balaban J connectivity index is 0.0000130. The van der Waals surface area contributed by atoms with E-state index < -0.39 is 44.5 Å². The second-order valence-corrected chi connectivity index (χ2v) is 14.6. The molecule has 266 valence electrons. The van der Waals surface area contributed by atoms with Gasteiger partial charge in [0, 0.05) is 55.7 Å². The Morgan fingerprint density at radius 2 is 1.25 bits per heavy atom. The van der Waals surface area contributed by atoms with E-state index in [1.165, 1.54) is 12.1 Å². The summed E-state index contributed by atoms with van der Waals surface area (Å²) in [7, 11) is -4.57. The molecule has 0 aliphatic heterocycles. The number of benzene rings is 1. The molecule has 0 N–H and O–H groups in total. The van der Waals surface area contributed by atoms with Crippen LogP contribution in [0.1, 0.15) is 71.1 Å². The Hall–Kier alpha value is -1.39. The van der Waals surface area contributed by atoms with E-state index >= 15 is 0 Å². The average molecular weight is 795 g/mol. The van der Waals surface area contributed by atoms with Crippen molar-refractivity contribution in [2.24, 2.45) is 0 Å². The maximum absolute atomic E-state index is 14.8. The van der Waals surface area contributed by atoms with E-state index in [9.17, 15) is 30.4 Å². The SMILES string of the molecule is [C-]#[N+]C([N+]#[C-])C(F)(CCCCCC[N+](=C1C=CC(=C)C=C1)c1ccc([N+](=C)CCCCCCC(C)(F)S(=O)(=O)C(C#N)C#N)cc1)C(F)(F)F.[K+].[K+]. The smallest absolute Gasteiger partial charge is 0.230 e. The number of nitrogens with zero attached hydrogens (tertiary/aromatic N) is 6. The molecule has 0 fully saturated rings. The molecule has 2 rings (SSSR count). The van der Waals surface area contributed by atoms with Crippen molar-refractivity contribution < 1.29 is 142 Å².